The van der Waals surface area contributed by atoms with Gasteiger partial charge in [0.2, 0.25) is 0 Å². The summed E-state index contributed by atoms with van der Waals surface area (Å²) in [6.07, 6.45) is 13.0. The normalized spacial score (nSPS) is 22.4. The summed E-state index contributed by atoms with van der Waals surface area (Å²) in [6, 6.07) is 0. The Bertz CT molecular complexity index is 2130. The monoisotopic (exact) mass is 1270 g/mol. The molecule has 0 aromatic rings. The molecule has 500 valence electrons. The molecular weight excluding hydrogens is 1160 g/mol. The molecule has 0 N–H and O–H groups in total. The van der Waals surface area contributed by atoms with Crippen LogP contribution in [-0.4, -0.2) is 163 Å². The van der Waals surface area contributed by atoms with E-state index in [1.165, 1.54) is 103 Å². The van der Waals surface area contributed by atoms with Crippen molar-refractivity contribution < 1.29 is 103 Å². The van der Waals surface area contributed by atoms with Gasteiger partial charge < -0.3 is 52.1 Å². The summed E-state index contributed by atoms with van der Waals surface area (Å²) < 4.78 is 120. The number of esters is 7. The Balaban J connectivity index is 2.46. The summed E-state index contributed by atoms with van der Waals surface area (Å²) in [7, 11) is -7.78. The van der Waals surface area contributed by atoms with Crippen molar-refractivity contribution in [1.29, 1.82) is 0 Å². The molecule has 2 rings (SSSR count). The molecule has 2 heterocycles. The molecule has 10 atom stereocenters. The second-order valence-electron chi connectivity index (χ2n) is 23.3. The Hall–Kier alpha value is -3.97. The molecule has 2 aliphatic rings. The number of carbonyl (C=O) groups is 7. The zero-order chi connectivity index (χ0) is 63.9. The maximum absolute atomic E-state index is 14.0. The van der Waals surface area contributed by atoms with Crippen LogP contribution in [0.1, 0.15) is 242 Å². The number of carbonyl (C=O) groups excluding carboxylic acids is 7. The van der Waals surface area contributed by atoms with Gasteiger partial charge in [0.25, 0.3) is 0 Å². The summed E-state index contributed by atoms with van der Waals surface area (Å²) in [4.78, 5) is 88.4. The molecule has 0 spiro atoms. The maximum atomic E-state index is 14.0. The molecule has 0 amide bonds. The highest BCUT2D eigenvalue weighted by molar-refractivity contribution is 7.92. The van der Waals surface area contributed by atoms with Gasteiger partial charge >= 0.3 is 41.8 Å². The summed E-state index contributed by atoms with van der Waals surface area (Å²) in [5.74, 6) is -9.06. The van der Waals surface area contributed by atoms with E-state index in [1.54, 1.807) is 0 Å². The first-order chi connectivity index (χ1) is 40.9. The van der Waals surface area contributed by atoms with Gasteiger partial charge in [-0.15, -0.1) is 0 Å². The predicted octanol–water partition coefficient (Wildman–Crippen LogP) is 10.0. The molecule has 22 nitrogen and oxygen atoms in total. The van der Waals surface area contributed by atoms with Gasteiger partial charge in [0.15, 0.2) is 62.8 Å². The second-order valence-corrected chi connectivity index (χ2v) is 27.7. The van der Waals surface area contributed by atoms with Crippen LogP contribution in [0.3, 0.4) is 0 Å². The van der Waals surface area contributed by atoms with E-state index in [-0.39, 0.29) is 11.5 Å². The van der Waals surface area contributed by atoms with Crippen LogP contribution in [-0.2, 0) is 105 Å². The van der Waals surface area contributed by atoms with E-state index in [0.29, 0.717) is 25.7 Å². The van der Waals surface area contributed by atoms with Gasteiger partial charge in [-0.05, 0) is 12.8 Å². The molecule has 24 heteroatoms. The van der Waals surface area contributed by atoms with Crippen LogP contribution in [0.5, 0.6) is 0 Å². The molecule has 0 saturated carbocycles. The Morgan fingerprint density at radius 3 is 0.965 bits per heavy atom. The summed E-state index contributed by atoms with van der Waals surface area (Å²) in [6.45, 7) is 9.78. The Kier molecular flexibility index (Phi) is 40.4. The fourth-order valence-corrected chi connectivity index (χ4v) is 14.5. The lowest BCUT2D eigenvalue weighted by Gasteiger charge is -2.48. The van der Waals surface area contributed by atoms with Crippen molar-refractivity contribution in [3.05, 3.63) is 0 Å². The number of sulfone groups is 2. The Morgan fingerprint density at radius 2 is 0.628 bits per heavy atom. The summed E-state index contributed by atoms with van der Waals surface area (Å²) in [5, 5.41) is 0. The number of hydrogen-bond acceptors (Lipinski definition) is 22. The quantitative estimate of drug-likeness (QED) is 0.0311. The van der Waals surface area contributed by atoms with E-state index >= 15 is 0 Å². The van der Waals surface area contributed by atoms with E-state index in [1.807, 2.05) is 0 Å². The molecule has 0 aromatic heterocycles. The molecule has 0 radical (unpaired) electrons. The van der Waals surface area contributed by atoms with Gasteiger partial charge in [0, 0.05) is 54.4 Å². The van der Waals surface area contributed by atoms with E-state index in [0.717, 1.165) is 99.8 Å². The van der Waals surface area contributed by atoms with Crippen LogP contribution in [0.2, 0.25) is 0 Å². The first-order valence-corrected chi connectivity index (χ1v) is 35.6. The minimum atomic E-state index is -3.89. The number of ether oxygens (including phenoxy) is 11. The lowest BCUT2D eigenvalue weighted by atomic mass is 9.96. The van der Waals surface area contributed by atoms with Gasteiger partial charge in [0.1, 0.15) is 31.5 Å². The van der Waals surface area contributed by atoms with Gasteiger partial charge in [-0.3, -0.25) is 33.6 Å². The first kappa shape index (κ1) is 78.1. The first-order valence-electron chi connectivity index (χ1n) is 32.0. The number of hydrogen-bond donors (Lipinski definition) is 0. The second kappa shape index (κ2) is 44.5. The number of rotatable bonds is 48. The van der Waals surface area contributed by atoms with E-state index in [2.05, 4.69) is 13.8 Å². The molecule has 0 aromatic carbocycles. The van der Waals surface area contributed by atoms with Crippen LogP contribution in [0.4, 0.5) is 0 Å². The van der Waals surface area contributed by atoms with Gasteiger partial charge in [0.05, 0.1) is 29.6 Å². The van der Waals surface area contributed by atoms with E-state index < -0.39 is 160 Å². The van der Waals surface area contributed by atoms with E-state index in [9.17, 15) is 50.4 Å². The molecule has 2 fully saturated rings. The molecule has 86 heavy (non-hydrogen) atoms. The van der Waals surface area contributed by atoms with Crippen molar-refractivity contribution in [3.63, 3.8) is 0 Å². The molecule has 0 unspecified atom stereocenters. The SMILES string of the molecule is CCCCCCCCCCCCCCCCS(=O)(=O)CC(CO[C@@H]1O[C@H](COC(C)=O)[C@H](O[C@H]2O[C@H](COC(C)=O)[C@H](OC(C)=O)[C@H](OC(C)=O)[C@H]2OC(C)=O)[C@H](OC(C)=O)[C@H]1OC(C)=O)CS(=O)(=O)CCCCCCCCCCCCCCCC. The van der Waals surface area contributed by atoms with Crippen LogP contribution < -0.4 is 0 Å². The third kappa shape index (κ3) is 35.3. The molecule has 0 aliphatic carbocycles. The molecule has 2 saturated heterocycles. The third-order valence-electron chi connectivity index (χ3n) is 15.0. The van der Waals surface area contributed by atoms with Crippen LogP contribution in [0.15, 0.2) is 0 Å². The third-order valence-corrected chi connectivity index (χ3v) is 18.8. The Labute approximate surface area is 514 Å². The van der Waals surface area contributed by atoms with E-state index in [4.69, 9.17) is 52.1 Å². The molecule has 2 aliphatic heterocycles. The largest absolute Gasteiger partial charge is 0.463 e. The van der Waals surface area contributed by atoms with Crippen molar-refractivity contribution in [2.24, 2.45) is 5.92 Å². The topological polar surface area (TPSA) is 289 Å². The van der Waals surface area contributed by atoms with Crippen molar-refractivity contribution in [2.45, 2.75) is 304 Å². The fourth-order valence-electron chi connectivity index (χ4n) is 10.9. The van der Waals surface area contributed by atoms with Crippen LogP contribution in [0.25, 0.3) is 0 Å². The molecule has 0 bridgehead atoms. The minimum absolute atomic E-state index is 0.187. The zero-order valence-corrected chi connectivity index (χ0v) is 55.0. The van der Waals surface area contributed by atoms with Crippen molar-refractivity contribution in [1.82, 2.24) is 0 Å². The lowest BCUT2D eigenvalue weighted by Crippen LogP contribution is -2.67. The number of unbranched alkanes of at least 4 members (excludes halogenated alkanes) is 26. The minimum Gasteiger partial charge on any atom is -0.463 e. The Morgan fingerprint density at radius 1 is 0.349 bits per heavy atom. The highest BCUT2D eigenvalue weighted by atomic mass is 32.2. The van der Waals surface area contributed by atoms with Gasteiger partial charge in [-0.2, -0.15) is 0 Å². The van der Waals surface area contributed by atoms with Crippen molar-refractivity contribution in [3.8, 4) is 0 Å². The van der Waals surface area contributed by atoms with Gasteiger partial charge in [-0.1, -0.05) is 181 Å². The fraction of sp³-hybridized carbons (Fsp3) is 0.887. The standard InChI is InChI=1S/C62H108O22S2/c1-10-12-14-16-18-20-22-24-26-28-30-32-34-36-38-85(70,71)43-52(44-86(72,73)39-37-35-33-31-29-27-25-23-21-19-17-15-13-11-2)40-76-61-59(80-50(8)68)58(79-49(7)67)56(54(82-61)42-75-46(4)64)84-62-60(81-51(9)69)57(78-48(6)66)55(77-47(5)65)53(83-62)41-74-45(3)63/h52-62H,10-44H2,1-9H3/t53-,54-,55+,56+,57+,58+,59-,60-,61-,62-/m1/s1. The van der Waals surface area contributed by atoms with Crippen molar-refractivity contribution in [2.75, 3.05) is 42.8 Å². The smallest absolute Gasteiger partial charge is 0.303 e. The van der Waals surface area contributed by atoms with Crippen LogP contribution in [0, 0.1) is 5.92 Å². The zero-order valence-electron chi connectivity index (χ0n) is 53.4. The lowest BCUT2D eigenvalue weighted by molar-refractivity contribution is -0.361. The average Bonchev–Trinajstić information content (AvgIpc) is 0.903. The van der Waals surface area contributed by atoms with Crippen molar-refractivity contribution >= 4 is 61.5 Å². The van der Waals surface area contributed by atoms with Crippen LogP contribution >= 0.6 is 0 Å². The predicted molar refractivity (Wildman–Crippen MR) is 321 cm³/mol. The molecular formula is C62H108O22S2. The summed E-state index contributed by atoms with van der Waals surface area (Å²) in [5.41, 5.74) is 0. The average molecular weight is 1270 g/mol. The summed E-state index contributed by atoms with van der Waals surface area (Å²) >= 11 is 0. The van der Waals surface area contributed by atoms with Gasteiger partial charge in [-0.25, -0.2) is 16.8 Å². The maximum Gasteiger partial charge on any atom is 0.303 e. The highest BCUT2D eigenvalue weighted by Gasteiger charge is 2.58. The highest BCUT2D eigenvalue weighted by Crippen LogP contribution is 2.36.